The minimum absolute atomic E-state index is 0.0705. The van der Waals surface area contributed by atoms with Crippen LogP contribution in [-0.2, 0) is 5.92 Å². The molecule has 0 atom stereocenters. The largest absolute Gasteiger partial charge is 0.361 e. The van der Waals surface area contributed by atoms with E-state index in [1.165, 1.54) is 6.07 Å². The highest BCUT2D eigenvalue weighted by Gasteiger charge is 2.33. The van der Waals surface area contributed by atoms with E-state index in [0.717, 1.165) is 0 Å². The molecule has 1 heterocycles. The second kappa shape index (κ2) is 3.18. The summed E-state index contributed by atoms with van der Waals surface area (Å²) in [5.41, 5.74) is 4.68. The van der Waals surface area contributed by atoms with E-state index in [1.807, 2.05) is 0 Å². The maximum atomic E-state index is 13.0. The Morgan fingerprint density at radius 2 is 2.33 bits per heavy atom. The normalized spacial score (nSPS) is 12.0. The monoisotopic (exact) mass is 176 g/mol. The third-order valence-corrected chi connectivity index (χ3v) is 1.46. The van der Waals surface area contributed by atoms with Crippen molar-refractivity contribution < 1.29 is 13.3 Å². The molecule has 0 aliphatic rings. The number of hydrogen-bond donors (Lipinski definition) is 1. The first kappa shape index (κ1) is 9.12. The maximum Gasteiger partial charge on any atom is 0.294 e. The highest BCUT2D eigenvalue weighted by atomic mass is 19.3. The molecule has 68 valence electrons. The molecule has 0 spiro atoms. The standard InChI is InChI=1S/C7H10F2N2O/c1-5-4-6(11-12-5)7(8,9)2-3-10/h4H,2-3,10H2,1H3. The smallest absolute Gasteiger partial charge is 0.294 e. The first-order valence-electron chi connectivity index (χ1n) is 3.58. The Morgan fingerprint density at radius 1 is 1.67 bits per heavy atom. The van der Waals surface area contributed by atoms with Gasteiger partial charge in [0, 0.05) is 12.5 Å². The first-order chi connectivity index (χ1) is 5.56. The summed E-state index contributed by atoms with van der Waals surface area (Å²) in [6, 6.07) is 1.22. The molecule has 0 saturated carbocycles. The van der Waals surface area contributed by atoms with Gasteiger partial charge in [-0.3, -0.25) is 0 Å². The van der Waals surface area contributed by atoms with Crippen LogP contribution in [0.1, 0.15) is 17.9 Å². The van der Waals surface area contributed by atoms with E-state index in [-0.39, 0.29) is 12.2 Å². The lowest BCUT2D eigenvalue weighted by molar-refractivity contribution is -0.0178. The highest BCUT2D eigenvalue weighted by molar-refractivity contribution is 5.09. The van der Waals surface area contributed by atoms with Crippen molar-refractivity contribution in [2.45, 2.75) is 19.3 Å². The van der Waals surface area contributed by atoms with Gasteiger partial charge in [0.15, 0.2) is 5.69 Å². The summed E-state index contributed by atoms with van der Waals surface area (Å²) < 4.78 is 30.5. The molecule has 0 aromatic carbocycles. The molecule has 0 bridgehead atoms. The molecule has 0 aliphatic carbocycles. The minimum atomic E-state index is -2.97. The molecule has 0 aliphatic heterocycles. The molecule has 0 unspecified atom stereocenters. The van der Waals surface area contributed by atoms with Crippen LogP contribution in [0.3, 0.4) is 0 Å². The van der Waals surface area contributed by atoms with Crippen LogP contribution in [0.15, 0.2) is 10.6 Å². The second-order valence-electron chi connectivity index (χ2n) is 2.57. The van der Waals surface area contributed by atoms with Gasteiger partial charge in [-0.15, -0.1) is 0 Å². The van der Waals surface area contributed by atoms with Gasteiger partial charge < -0.3 is 10.3 Å². The van der Waals surface area contributed by atoms with Crippen molar-refractivity contribution in [3.8, 4) is 0 Å². The van der Waals surface area contributed by atoms with Gasteiger partial charge in [-0.05, 0) is 13.5 Å². The highest BCUT2D eigenvalue weighted by Crippen LogP contribution is 2.30. The van der Waals surface area contributed by atoms with Gasteiger partial charge in [0.1, 0.15) is 5.76 Å². The number of aromatic nitrogens is 1. The van der Waals surface area contributed by atoms with Crippen molar-refractivity contribution >= 4 is 0 Å². The van der Waals surface area contributed by atoms with Crippen LogP contribution in [0.25, 0.3) is 0 Å². The number of hydrogen-bond acceptors (Lipinski definition) is 3. The Morgan fingerprint density at radius 3 is 2.75 bits per heavy atom. The van der Waals surface area contributed by atoms with Gasteiger partial charge in [-0.2, -0.15) is 8.78 Å². The van der Waals surface area contributed by atoms with E-state index >= 15 is 0 Å². The van der Waals surface area contributed by atoms with Crippen molar-refractivity contribution in [1.82, 2.24) is 5.16 Å². The molecule has 1 aromatic heterocycles. The fraction of sp³-hybridized carbons (Fsp3) is 0.571. The third-order valence-electron chi connectivity index (χ3n) is 1.46. The quantitative estimate of drug-likeness (QED) is 0.757. The average molecular weight is 176 g/mol. The zero-order valence-corrected chi connectivity index (χ0v) is 6.68. The van der Waals surface area contributed by atoms with Gasteiger partial charge >= 0.3 is 0 Å². The van der Waals surface area contributed by atoms with E-state index in [9.17, 15) is 8.78 Å². The van der Waals surface area contributed by atoms with Gasteiger partial charge in [0.25, 0.3) is 5.92 Å². The lowest BCUT2D eigenvalue weighted by Crippen LogP contribution is -2.18. The van der Waals surface area contributed by atoms with Crippen molar-refractivity contribution in [3.05, 3.63) is 17.5 Å². The average Bonchev–Trinajstić information content (AvgIpc) is 2.36. The molecule has 1 rings (SSSR count). The van der Waals surface area contributed by atoms with Crippen LogP contribution < -0.4 is 5.73 Å². The summed E-state index contributed by atoms with van der Waals surface area (Å²) in [5, 5.41) is 3.23. The van der Waals surface area contributed by atoms with Crippen LogP contribution in [0, 0.1) is 6.92 Å². The van der Waals surface area contributed by atoms with E-state index in [4.69, 9.17) is 5.73 Å². The van der Waals surface area contributed by atoms with Crippen LogP contribution in [0.2, 0.25) is 0 Å². The van der Waals surface area contributed by atoms with Crippen molar-refractivity contribution in [2.24, 2.45) is 5.73 Å². The Hall–Kier alpha value is -0.970. The van der Waals surface area contributed by atoms with Crippen molar-refractivity contribution in [3.63, 3.8) is 0 Å². The fourth-order valence-corrected chi connectivity index (χ4v) is 0.848. The predicted molar refractivity (Wildman–Crippen MR) is 38.8 cm³/mol. The number of nitrogens with zero attached hydrogens (tertiary/aromatic N) is 1. The Balaban J connectivity index is 2.81. The third kappa shape index (κ3) is 1.79. The van der Waals surface area contributed by atoms with Gasteiger partial charge in [0.05, 0.1) is 0 Å². The van der Waals surface area contributed by atoms with Gasteiger partial charge in [-0.25, -0.2) is 0 Å². The molecule has 2 N–H and O–H groups in total. The van der Waals surface area contributed by atoms with E-state index in [0.29, 0.717) is 5.76 Å². The first-order valence-corrected chi connectivity index (χ1v) is 3.58. The minimum Gasteiger partial charge on any atom is -0.361 e. The van der Waals surface area contributed by atoms with Crippen LogP contribution in [0.4, 0.5) is 8.78 Å². The molecule has 0 amide bonds. The topological polar surface area (TPSA) is 52.0 Å². The number of alkyl halides is 2. The van der Waals surface area contributed by atoms with Crippen LogP contribution >= 0.6 is 0 Å². The number of aryl methyl sites for hydroxylation is 1. The Kier molecular flexibility index (Phi) is 2.42. The molecule has 0 radical (unpaired) electrons. The summed E-state index contributed by atoms with van der Waals surface area (Å²) >= 11 is 0. The SMILES string of the molecule is Cc1cc(C(F)(F)CCN)no1. The summed E-state index contributed by atoms with van der Waals surface area (Å²) in [7, 11) is 0. The van der Waals surface area contributed by atoms with Gasteiger partial charge in [-0.1, -0.05) is 5.16 Å². The molecule has 0 saturated heterocycles. The molecule has 5 heteroatoms. The second-order valence-corrected chi connectivity index (χ2v) is 2.57. The number of rotatable bonds is 3. The van der Waals surface area contributed by atoms with E-state index in [2.05, 4.69) is 9.68 Å². The summed E-state index contributed by atoms with van der Waals surface area (Å²) in [6.07, 6.45) is -0.404. The lowest BCUT2D eigenvalue weighted by Gasteiger charge is -2.10. The molecule has 1 aromatic rings. The molecular weight excluding hydrogens is 166 g/mol. The fourth-order valence-electron chi connectivity index (χ4n) is 0.848. The lowest BCUT2D eigenvalue weighted by atomic mass is 10.1. The van der Waals surface area contributed by atoms with E-state index in [1.54, 1.807) is 6.92 Å². The van der Waals surface area contributed by atoms with Crippen molar-refractivity contribution in [2.75, 3.05) is 6.54 Å². The maximum absolute atomic E-state index is 13.0. The van der Waals surface area contributed by atoms with Crippen molar-refractivity contribution in [1.29, 1.82) is 0 Å². The zero-order valence-electron chi connectivity index (χ0n) is 6.68. The Labute approximate surface area is 68.5 Å². The summed E-state index contributed by atoms with van der Waals surface area (Å²) in [6.45, 7) is 1.49. The van der Waals surface area contributed by atoms with Crippen LogP contribution in [-0.4, -0.2) is 11.7 Å². The van der Waals surface area contributed by atoms with Crippen LogP contribution in [0.5, 0.6) is 0 Å². The number of halogens is 2. The zero-order chi connectivity index (χ0) is 9.19. The van der Waals surface area contributed by atoms with Gasteiger partial charge in [0.2, 0.25) is 0 Å². The Bertz CT molecular complexity index is 260. The predicted octanol–water partition coefficient (Wildman–Crippen LogP) is 1.42. The molecule has 0 fully saturated rings. The molecule has 3 nitrogen and oxygen atoms in total. The van der Waals surface area contributed by atoms with E-state index < -0.39 is 12.3 Å². The molecular formula is C7H10F2N2O. The number of nitrogens with two attached hydrogens (primary N) is 1. The summed E-state index contributed by atoms with van der Waals surface area (Å²) in [4.78, 5) is 0. The molecule has 12 heavy (non-hydrogen) atoms. The summed E-state index contributed by atoms with van der Waals surface area (Å²) in [5.74, 6) is -2.59.